The molecule has 4 rings (SSSR count). The lowest BCUT2D eigenvalue weighted by atomic mass is 10.1. The van der Waals surface area contributed by atoms with Crippen molar-refractivity contribution in [3.05, 3.63) is 63.9 Å². The third kappa shape index (κ3) is 3.74. The van der Waals surface area contributed by atoms with Gasteiger partial charge in [0, 0.05) is 24.4 Å². The number of carbonyl (C=O) groups is 1. The van der Waals surface area contributed by atoms with Gasteiger partial charge in [0.1, 0.15) is 17.5 Å². The molecule has 144 valence electrons. The number of hydrogen-bond donors (Lipinski definition) is 0. The predicted octanol–water partition coefficient (Wildman–Crippen LogP) is 2.88. The standard InChI is InChI=1S/C21H21N3O4/c1-13-10-20(23-14(2)22-13)27-15-6-5-9-24(12-15)21(26)19-11-17(25)16-7-3-4-8-18(16)28-19/h3-4,7-8,10-11,15H,5-6,9,12H2,1-2H3/t15-/m1/s1. The van der Waals surface area contributed by atoms with E-state index in [0.29, 0.717) is 35.8 Å². The van der Waals surface area contributed by atoms with Gasteiger partial charge in [0.05, 0.1) is 11.9 Å². The van der Waals surface area contributed by atoms with E-state index in [4.69, 9.17) is 9.15 Å². The fraction of sp³-hybridized carbons (Fsp3) is 0.333. The smallest absolute Gasteiger partial charge is 0.289 e. The molecule has 3 heterocycles. The van der Waals surface area contributed by atoms with Crippen molar-refractivity contribution in [2.24, 2.45) is 0 Å². The number of likely N-dealkylation sites (tertiary alicyclic amines) is 1. The van der Waals surface area contributed by atoms with Crippen LogP contribution in [0.5, 0.6) is 5.88 Å². The third-order valence-corrected chi connectivity index (χ3v) is 4.74. The molecule has 7 heteroatoms. The Hall–Kier alpha value is -3.22. The second-order valence-corrected chi connectivity index (χ2v) is 7.00. The Morgan fingerprint density at radius 1 is 1.21 bits per heavy atom. The number of aryl methyl sites for hydroxylation is 2. The molecule has 3 aromatic rings. The molecule has 1 aromatic carbocycles. The Morgan fingerprint density at radius 3 is 2.86 bits per heavy atom. The molecular weight excluding hydrogens is 358 g/mol. The van der Waals surface area contributed by atoms with Gasteiger partial charge in [0.25, 0.3) is 5.91 Å². The van der Waals surface area contributed by atoms with Crippen molar-refractivity contribution in [1.29, 1.82) is 0 Å². The second-order valence-electron chi connectivity index (χ2n) is 7.00. The van der Waals surface area contributed by atoms with Crippen LogP contribution in [0.2, 0.25) is 0 Å². The highest BCUT2D eigenvalue weighted by Crippen LogP contribution is 2.20. The van der Waals surface area contributed by atoms with Gasteiger partial charge in [0.15, 0.2) is 11.2 Å². The number of fused-ring (bicyclic) bond motifs is 1. The summed E-state index contributed by atoms with van der Waals surface area (Å²) >= 11 is 0. The number of benzene rings is 1. The van der Waals surface area contributed by atoms with Crippen LogP contribution in [0.25, 0.3) is 11.0 Å². The molecule has 1 aliphatic heterocycles. The summed E-state index contributed by atoms with van der Waals surface area (Å²) < 4.78 is 11.7. The van der Waals surface area contributed by atoms with Crippen LogP contribution in [0, 0.1) is 13.8 Å². The van der Waals surface area contributed by atoms with Crippen LogP contribution in [0.15, 0.2) is 45.6 Å². The highest BCUT2D eigenvalue weighted by molar-refractivity contribution is 5.93. The van der Waals surface area contributed by atoms with E-state index < -0.39 is 0 Å². The maximum absolute atomic E-state index is 12.9. The number of rotatable bonds is 3. The van der Waals surface area contributed by atoms with Crippen molar-refractivity contribution >= 4 is 16.9 Å². The van der Waals surface area contributed by atoms with Crippen LogP contribution in [0.4, 0.5) is 0 Å². The van der Waals surface area contributed by atoms with Gasteiger partial charge in [0.2, 0.25) is 5.88 Å². The molecule has 0 radical (unpaired) electrons. The molecule has 0 saturated carbocycles. The zero-order valence-corrected chi connectivity index (χ0v) is 15.8. The van der Waals surface area contributed by atoms with E-state index in [-0.39, 0.29) is 23.2 Å². The molecule has 1 saturated heterocycles. The summed E-state index contributed by atoms with van der Waals surface area (Å²) in [4.78, 5) is 35.4. The summed E-state index contributed by atoms with van der Waals surface area (Å²) in [7, 11) is 0. The van der Waals surface area contributed by atoms with Gasteiger partial charge < -0.3 is 14.1 Å². The number of nitrogens with zero attached hydrogens (tertiary/aromatic N) is 3. The largest absolute Gasteiger partial charge is 0.472 e. The van der Waals surface area contributed by atoms with Gasteiger partial charge in [-0.2, -0.15) is 4.98 Å². The number of piperidine rings is 1. The average molecular weight is 379 g/mol. The molecule has 0 N–H and O–H groups in total. The Labute approximate surface area is 162 Å². The highest BCUT2D eigenvalue weighted by Gasteiger charge is 2.28. The van der Waals surface area contributed by atoms with Crippen LogP contribution in [0.3, 0.4) is 0 Å². The lowest BCUT2D eigenvalue weighted by molar-refractivity contribution is 0.0500. The van der Waals surface area contributed by atoms with Gasteiger partial charge in [-0.3, -0.25) is 9.59 Å². The highest BCUT2D eigenvalue weighted by atomic mass is 16.5. The first-order chi connectivity index (χ1) is 13.5. The molecule has 1 amide bonds. The topological polar surface area (TPSA) is 85.5 Å². The summed E-state index contributed by atoms with van der Waals surface area (Å²) in [5.41, 5.74) is 1.03. The van der Waals surface area contributed by atoms with Gasteiger partial charge in [-0.25, -0.2) is 4.98 Å². The van der Waals surface area contributed by atoms with Gasteiger partial charge in [-0.1, -0.05) is 12.1 Å². The van der Waals surface area contributed by atoms with Gasteiger partial charge in [-0.05, 0) is 38.8 Å². The van der Waals surface area contributed by atoms with E-state index in [2.05, 4.69) is 9.97 Å². The summed E-state index contributed by atoms with van der Waals surface area (Å²) in [5, 5.41) is 0.466. The minimum absolute atomic E-state index is 0.0538. The second kappa shape index (κ2) is 7.42. The minimum Gasteiger partial charge on any atom is -0.472 e. The summed E-state index contributed by atoms with van der Waals surface area (Å²) in [6, 6.07) is 9.98. The van der Waals surface area contributed by atoms with Gasteiger partial charge >= 0.3 is 0 Å². The summed E-state index contributed by atoms with van der Waals surface area (Å²) in [5.74, 6) is 0.919. The SMILES string of the molecule is Cc1cc(O[C@@H]2CCCN(C(=O)c3cc(=O)c4ccccc4o3)C2)nc(C)n1. The van der Waals surface area contributed by atoms with Crippen molar-refractivity contribution in [3.8, 4) is 5.88 Å². The molecule has 28 heavy (non-hydrogen) atoms. The lowest BCUT2D eigenvalue weighted by Crippen LogP contribution is -2.44. The summed E-state index contributed by atoms with van der Waals surface area (Å²) in [6.45, 7) is 4.72. The van der Waals surface area contributed by atoms with Crippen LogP contribution >= 0.6 is 0 Å². The first-order valence-electron chi connectivity index (χ1n) is 9.31. The van der Waals surface area contributed by atoms with Crippen LogP contribution in [0.1, 0.15) is 34.9 Å². The van der Waals surface area contributed by atoms with Crippen molar-refractivity contribution in [2.45, 2.75) is 32.8 Å². The Kier molecular flexibility index (Phi) is 4.81. The molecule has 0 spiro atoms. The number of para-hydroxylation sites is 1. The Balaban J connectivity index is 1.52. The van der Waals surface area contributed by atoms with Gasteiger partial charge in [-0.15, -0.1) is 0 Å². The lowest BCUT2D eigenvalue weighted by Gasteiger charge is -2.32. The minimum atomic E-state index is -0.300. The maximum atomic E-state index is 12.9. The fourth-order valence-electron chi connectivity index (χ4n) is 3.50. The zero-order valence-electron chi connectivity index (χ0n) is 15.8. The van der Waals surface area contributed by atoms with Crippen molar-refractivity contribution in [2.75, 3.05) is 13.1 Å². The van der Waals surface area contributed by atoms with E-state index in [1.165, 1.54) is 6.07 Å². The van der Waals surface area contributed by atoms with Crippen molar-refractivity contribution in [3.63, 3.8) is 0 Å². The number of ether oxygens (including phenoxy) is 1. The molecule has 1 fully saturated rings. The maximum Gasteiger partial charge on any atom is 0.289 e. The van der Waals surface area contributed by atoms with E-state index in [9.17, 15) is 9.59 Å². The summed E-state index contributed by atoms with van der Waals surface area (Å²) in [6.07, 6.45) is 1.46. The van der Waals surface area contributed by atoms with E-state index in [1.54, 1.807) is 35.2 Å². The van der Waals surface area contributed by atoms with E-state index >= 15 is 0 Å². The monoisotopic (exact) mass is 379 g/mol. The van der Waals surface area contributed by atoms with Crippen LogP contribution < -0.4 is 10.2 Å². The quantitative estimate of drug-likeness (QED) is 0.696. The molecule has 0 unspecified atom stereocenters. The first kappa shape index (κ1) is 18.2. The number of amides is 1. The molecule has 2 aromatic heterocycles. The molecule has 7 nitrogen and oxygen atoms in total. The zero-order chi connectivity index (χ0) is 19.7. The van der Waals surface area contributed by atoms with Crippen molar-refractivity contribution < 1.29 is 13.9 Å². The Bertz CT molecular complexity index is 1070. The number of hydrogen-bond acceptors (Lipinski definition) is 6. The normalized spacial score (nSPS) is 16.9. The molecule has 0 aliphatic carbocycles. The first-order valence-corrected chi connectivity index (χ1v) is 9.31. The van der Waals surface area contributed by atoms with E-state index in [0.717, 1.165) is 18.5 Å². The average Bonchev–Trinajstić information content (AvgIpc) is 2.67. The molecule has 1 aliphatic rings. The Morgan fingerprint density at radius 2 is 2.04 bits per heavy atom. The van der Waals surface area contributed by atoms with Crippen LogP contribution in [-0.4, -0.2) is 40.0 Å². The number of carbonyl (C=O) groups excluding carboxylic acids is 1. The molecule has 1 atom stereocenters. The van der Waals surface area contributed by atoms with Crippen molar-refractivity contribution in [1.82, 2.24) is 14.9 Å². The van der Waals surface area contributed by atoms with Crippen LogP contribution in [-0.2, 0) is 0 Å². The molecule has 0 bridgehead atoms. The predicted molar refractivity (Wildman–Crippen MR) is 104 cm³/mol. The number of aromatic nitrogens is 2. The molecular formula is C21H21N3O4. The van der Waals surface area contributed by atoms with E-state index in [1.807, 2.05) is 13.8 Å². The third-order valence-electron chi connectivity index (χ3n) is 4.74. The fourth-order valence-corrected chi connectivity index (χ4v) is 3.50.